The molecule has 0 fully saturated rings. The van der Waals surface area contributed by atoms with Gasteiger partial charge in [-0.3, -0.25) is 9.20 Å². The van der Waals surface area contributed by atoms with Crippen molar-refractivity contribution in [3.05, 3.63) is 0 Å². The highest BCUT2D eigenvalue weighted by molar-refractivity contribution is 14.0. The topological polar surface area (TPSA) is 53.5 Å². The van der Waals surface area contributed by atoms with Crippen molar-refractivity contribution in [1.29, 1.82) is 0 Å². The minimum atomic E-state index is -0.816. The zero-order valence-corrected chi connectivity index (χ0v) is 16.2. The maximum absolute atomic E-state index is 11.9. The third kappa shape index (κ3) is 11.7. The zero-order valence-electron chi connectivity index (χ0n) is 13.1. The Morgan fingerprint density at radius 2 is 1.84 bits per heavy atom. The molecule has 1 unspecified atom stereocenters. The standard InChI is InChI=1S/C13H29N3OS.HI/c1-7-14-12(16-10-11(2)3)15-8-9-18(17)13(4,5)6;/h11H,7-10H2,1-6H3,(H2,14,15,16);1H. The summed E-state index contributed by atoms with van der Waals surface area (Å²) >= 11 is 0. The molecule has 19 heavy (non-hydrogen) atoms. The Kier molecular flexibility index (Phi) is 12.3. The Morgan fingerprint density at radius 1 is 1.26 bits per heavy atom. The zero-order chi connectivity index (χ0) is 14.2. The molecule has 0 aromatic heterocycles. The van der Waals surface area contributed by atoms with Crippen LogP contribution in [-0.4, -0.2) is 40.3 Å². The van der Waals surface area contributed by atoms with Gasteiger partial charge in [0.05, 0.1) is 0 Å². The van der Waals surface area contributed by atoms with Gasteiger partial charge in [-0.2, -0.15) is 0 Å². The van der Waals surface area contributed by atoms with Gasteiger partial charge in [0, 0.05) is 40.9 Å². The number of aliphatic imine (C=N–C) groups is 1. The first-order valence-electron chi connectivity index (χ1n) is 6.68. The first-order chi connectivity index (χ1) is 8.27. The maximum atomic E-state index is 11.9. The summed E-state index contributed by atoms with van der Waals surface area (Å²) in [5.74, 6) is 2.01. The summed E-state index contributed by atoms with van der Waals surface area (Å²) in [5.41, 5.74) is 0. The Hall–Kier alpha value is 0.150. The number of guanidine groups is 1. The fraction of sp³-hybridized carbons (Fsp3) is 0.923. The number of hydrogen-bond acceptors (Lipinski definition) is 2. The first-order valence-corrected chi connectivity index (χ1v) is 8.00. The Labute approximate surface area is 138 Å². The van der Waals surface area contributed by atoms with E-state index in [4.69, 9.17) is 0 Å². The monoisotopic (exact) mass is 403 g/mol. The Morgan fingerprint density at radius 3 is 2.26 bits per heavy atom. The highest BCUT2D eigenvalue weighted by Crippen LogP contribution is 2.10. The minimum absolute atomic E-state index is 0. The van der Waals surface area contributed by atoms with E-state index in [1.807, 2.05) is 27.7 Å². The summed E-state index contributed by atoms with van der Waals surface area (Å²) in [6.45, 7) is 14.7. The van der Waals surface area contributed by atoms with Gasteiger partial charge in [-0.05, 0) is 33.6 Å². The van der Waals surface area contributed by atoms with Crippen molar-refractivity contribution in [3.8, 4) is 0 Å². The van der Waals surface area contributed by atoms with Crippen molar-refractivity contribution in [2.75, 3.05) is 25.4 Å². The van der Waals surface area contributed by atoms with Crippen molar-refractivity contribution < 1.29 is 4.21 Å². The van der Waals surface area contributed by atoms with E-state index in [-0.39, 0.29) is 28.7 Å². The fourth-order valence-corrected chi connectivity index (χ4v) is 2.08. The van der Waals surface area contributed by atoms with Crippen LogP contribution in [0.25, 0.3) is 0 Å². The normalized spacial score (nSPS) is 13.9. The molecule has 0 aromatic carbocycles. The number of rotatable bonds is 6. The van der Waals surface area contributed by atoms with E-state index >= 15 is 0 Å². The smallest absolute Gasteiger partial charge is 0.191 e. The van der Waals surface area contributed by atoms with Crippen molar-refractivity contribution >= 4 is 40.7 Å². The van der Waals surface area contributed by atoms with Crippen LogP contribution in [0, 0.1) is 5.92 Å². The van der Waals surface area contributed by atoms with E-state index < -0.39 is 10.8 Å². The van der Waals surface area contributed by atoms with Gasteiger partial charge in [0.2, 0.25) is 0 Å². The summed E-state index contributed by atoms with van der Waals surface area (Å²) in [6.07, 6.45) is 0. The molecule has 2 N–H and O–H groups in total. The molecule has 0 aliphatic rings. The van der Waals surface area contributed by atoms with E-state index in [2.05, 4.69) is 29.5 Å². The summed E-state index contributed by atoms with van der Waals surface area (Å²) < 4.78 is 11.7. The molecule has 0 aliphatic heterocycles. The average Bonchev–Trinajstić information content (AvgIpc) is 2.24. The lowest BCUT2D eigenvalue weighted by molar-refractivity contribution is 0.645. The second-order valence-electron chi connectivity index (χ2n) is 5.70. The molecule has 0 radical (unpaired) electrons. The highest BCUT2D eigenvalue weighted by Gasteiger charge is 2.18. The fourth-order valence-electron chi connectivity index (χ4n) is 1.18. The number of hydrogen-bond donors (Lipinski definition) is 2. The molecule has 1 atom stereocenters. The molecule has 0 saturated heterocycles. The van der Waals surface area contributed by atoms with Crippen molar-refractivity contribution in [3.63, 3.8) is 0 Å². The summed E-state index contributed by atoms with van der Waals surface area (Å²) in [5, 5.41) is 6.42. The van der Waals surface area contributed by atoms with Crippen LogP contribution < -0.4 is 10.6 Å². The lowest BCUT2D eigenvalue weighted by Crippen LogP contribution is -2.40. The molecular weight excluding hydrogens is 373 g/mol. The summed E-state index contributed by atoms with van der Waals surface area (Å²) in [4.78, 5) is 4.47. The number of halogens is 1. The predicted molar refractivity (Wildman–Crippen MR) is 97.0 cm³/mol. The van der Waals surface area contributed by atoms with Crippen molar-refractivity contribution in [1.82, 2.24) is 10.6 Å². The molecule has 0 aliphatic carbocycles. The second kappa shape index (κ2) is 10.9. The maximum Gasteiger partial charge on any atom is 0.191 e. The van der Waals surface area contributed by atoms with E-state index in [0.717, 1.165) is 19.0 Å². The van der Waals surface area contributed by atoms with Crippen molar-refractivity contribution in [2.45, 2.75) is 46.3 Å². The number of nitrogens with zero attached hydrogens (tertiary/aromatic N) is 1. The third-order valence-electron chi connectivity index (χ3n) is 2.22. The molecule has 0 aromatic rings. The van der Waals surface area contributed by atoms with Crippen LogP contribution in [-0.2, 0) is 10.8 Å². The molecule has 4 nitrogen and oxygen atoms in total. The van der Waals surface area contributed by atoms with E-state index in [1.54, 1.807) is 0 Å². The highest BCUT2D eigenvalue weighted by atomic mass is 127. The molecule has 0 bridgehead atoms. The lowest BCUT2D eigenvalue weighted by Gasteiger charge is -2.18. The first kappa shape index (κ1) is 21.4. The van der Waals surface area contributed by atoms with Gasteiger partial charge in [0.25, 0.3) is 0 Å². The molecular formula is C13H30IN3OS. The average molecular weight is 403 g/mol. The number of nitrogens with one attached hydrogen (secondary N) is 2. The van der Waals surface area contributed by atoms with E-state index in [1.165, 1.54) is 0 Å². The van der Waals surface area contributed by atoms with Crippen LogP contribution in [0.5, 0.6) is 0 Å². The molecule has 0 spiro atoms. The van der Waals surface area contributed by atoms with Crippen molar-refractivity contribution in [2.24, 2.45) is 10.9 Å². The van der Waals surface area contributed by atoms with Gasteiger partial charge in [-0.25, -0.2) is 0 Å². The lowest BCUT2D eigenvalue weighted by atomic mass is 10.2. The molecule has 0 heterocycles. The Balaban J connectivity index is 0. The third-order valence-corrected chi connectivity index (χ3v) is 4.16. The van der Waals surface area contributed by atoms with Gasteiger partial charge in [-0.1, -0.05) is 13.8 Å². The van der Waals surface area contributed by atoms with Crippen LogP contribution in [0.1, 0.15) is 41.5 Å². The Bertz CT molecular complexity index is 288. The van der Waals surface area contributed by atoms with Gasteiger partial charge in [-0.15, -0.1) is 24.0 Å². The molecule has 0 rings (SSSR count). The molecule has 0 saturated carbocycles. The van der Waals surface area contributed by atoms with E-state index in [0.29, 0.717) is 18.2 Å². The molecule has 0 amide bonds. The quantitative estimate of drug-likeness (QED) is 0.407. The van der Waals surface area contributed by atoms with Gasteiger partial charge in [0.15, 0.2) is 5.96 Å². The van der Waals surface area contributed by atoms with Crippen LogP contribution in [0.4, 0.5) is 0 Å². The minimum Gasteiger partial charge on any atom is -0.357 e. The van der Waals surface area contributed by atoms with Gasteiger partial charge >= 0.3 is 0 Å². The van der Waals surface area contributed by atoms with Crippen LogP contribution in [0.3, 0.4) is 0 Å². The van der Waals surface area contributed by atoms with Crippen LogP contribution in [0.15, 0.2) is 4.99 Å². The predicted octanol–water partition coefficient (Wildman–Crippen LogP) is 2.36. The van der Waals surface area contributed by atoms with Gasteiger partial charge in [0.1, 0.15) is 0 Å². The van der Waals surface area contributed by atoms with Crippen LogP contribution in [0.2, 0.25) is 0 Å². The SMILES string of the molecule is CCNC(=NCC(C)C)NCCS(=O)C(C)(C)C.I. The second-order valence-corrected chi connectivity index (χ2v) is 8.03. The molecule has 6 heteroatoms. The summed E-state index contributed by atoms with van der Waals surface area (Å²) in [7, 11) is -0.816. The summed E-state index contributed by atoms with van der Waals surface area (Å²) in [6, 6.07) is 0. The van der Waals surface area contributed by atoms with Crippen LogP contribution >= 0.6 is 24.0 Å². The van der Waals surface area contributed by atoms with Gasteiger partial charge < -0.3 is 10.6 Å². The largest absolute Gasteiger partial charge is 0.357 e. The molecule has 116 valence electrons. The van der Waals surface area contributed by atoms with E-state index in [9.17, 15) is 4.21 Å².